The summed E-state index contributed by atoms with van der Waals surface area (Å²) in [7, 11) is 0. The minimum absolute atomic E-state index is 0.187. The first-order valence-corrected chi connectivity index (χ1v) is 6.79. The second-order valence-corrected chi connectivity index (χ2v) is 4.88. The van der Waals surface area contributed by atoms with Crippen molar-refractivity contribution in [1.29, 1.82) is 0 Å². The molecule has 0 atom stereocenters. The van der Waals surface area contributed by atoms with Crippen LogP contribution in [-0.2, 0) is 6.54 Å². The van der Waals surface area contributed by atoms with E-state index < -0.39 is 0 Å². The zero-order valence-electron chi connectivity index (χ0n) is 11.4. The van der Waals surface area contributed by atoms with Gasteiger partial charge in [-0.05, 0) is 29.8 Å². The van der Waals surface area contributed by atoms with E-state index in [1.54, 1.807) is 6.20 Å². The first kappa shape index (κ1) is 12.6. The number of rotatable bonds is 4. The molecule has 0 aliphatic carbocycles. The molecule has 0 saturated carbocycles. The van der Waals surface area contributed by atoms with Gasteiger partial charge in [0.05, 0.1) is 5.52 Å². The van der Waals surface area contributed by atoms with Gasteiger partial charge in [0, 0.05) is 42.5 Å². The molecule has 0 amide bonds. The molecule has 0 spiro atoms. The van der Waals surface area contributed by atoms with Gasteiger partial charge in [-0.15, -0.1) is 0 Å². The van der Waals surface area contributed by atoms with Crippen molar-refractivity contribution in [2.75, 3.05) is 0 Å². The van der Waals surface area contributed by atoms with Crippen LogP contribution in [-0.4, -0.2) is 15.3 Å². The van der Waals surface area contributed by atoms with Crippen molar-refractivity contribution in [2.24, 2.45) is 0 Å². The monoisotopic (exact) mass is 264 g/mol. The lowest BCUT2D eigenvalue weighted by atomic mass is 10.1. The van der Waals surface area contributed by atoms with Gasteiger partial charge in [0.2, 0.25) is 0 Å². The summed E-state index contributed by atoms with van der Waals surface area (Å²) in [4.78, 5) is 15.9. The van der Waals surface area contributed by atoms with Gasteiger partial charge in [-0.3, -0.25) is 9.78 Å². The van der Waals surface area contributed by atoms with E-state index in [0.29, 0.717) is 6.42 Å². The lowest BCUT2D eigenvalue weighted by Gasteiger charge is -2.05. The SMILES string of the molecule is CCC(=O)c1ccn(Cc2ccc3ncccc3c2)c1. The fourth-order valence-electron chi connectivity index (χ4n) is 2.34. The number of aromatic nitrogens is 2. The highest BCUT2D eigenvalue weighted by Gasteiger charge is 2.05. The van der Waals surface area contributed by atoms with E-state index in [-0.39, 0.29) is 5.78 Å². The van der Waals surface area contributed by atoms with Crippen LogP contribution in [0.1, 0.15) is 29.3 Å². The summed E-state index contributed by atoms with van der Waals surface area (Å²) < 4.78 is 2.04. The molecule has 0 fully saturated rings. The molecule has 0 bridgehead atoms. The maximum absolute atomic E-state index is 11.6. The van der Waals surface area contributed by atoms with Crippen molar-refractivity contribution in [1.82, 2.24) is 9.55 Å². The lowest BCUT2D eigenvalue weighted by Crippen LogP contribution is -1.98. The molecule has 0 saturated heterocycles. The maximum atomic E-state index is 11.6. The third kappa shape index (κ3) is 2.48. The van der Waals surface area contributed by atoms with E-state index in [4.69, 9.17) is 0 Å². The molecular weight excluding hydrogens is 248 g/mol. The second-order valence-electron chi connectivity index (χ2n) is 4.88. The number of hydrogen-bond donors (Lipinski definition) is 0. The van der Waals surface area contributed by atoms with Crippen LogP contribution in [0.3, 0.4) is 0 Å². The number of pyridine rings is 1. The van der Waals surface area contributed by atoms with Crippen molar-refractivity contribution in [2.45, 2.75) is 19.9 Å². The Bertz CT molecular complexity index is 758. The van der Waals surface area contributed by atoms with E-state index in [1.165, 1.54) is 5.56 Å². The normalized spacial score (nSPS) is 10.8. The number of benzene rings is 1. The number of fused-ring (bicyclic) bond motifs is 1. The Kier molecular flexibility index (Phi) is 3.33. The smallest absolute Gasteiger partial charge is 0.164 e. The van der Waals surface area contributed by atoms with Gasteiger partial charge >= 0.3 is 0 Å². The Labute approximate surface area is 117 Å². The Morgan fingerprint density at radius 2 is 2.15 bits per heavy atom. The number of carbonyl (C=O) groups excluding carboxylic acids is 1. The molecule has 0 aliphatic heterocycles. The number of ketones is 1. The van der Waals surface area contributed by atoms with E-state index in [0.717, 1.165) is 23.0 Å². The van der Waals surface area contributed by atoms with Gasteiger partial charge in [0.25, 0.3) is 0 Å². The summed E-state index contributed by atoms with van der Waals surface area (Å²) in [5.74, 6) is 0.187. The molecule has 100 valence electrons. The van der Waals surface area contributed by atoms with Gasteiger partial charge in [-0.25, -0.2) is 0 Å². The van der Waals surface area contributed by atoms with Crippen molar-refractivity contribution in [3.63, 3.8) is 0 Å². The van der Waals surface area contributed by atoms with Crippen LogP contribution in [0.2, 0.25) is 0 Å². The quantitative estimate of drug-likeness (QED) is 0.674. The van der Waals surface area contributed by atoms with Crippen LogP contribution < -0.4 is 0 Å². The Morgan fingerprint density at radius 3 is 3.00 bits per heavy atom. The summed E-state index contributed by atoms with van der Waals surface area (Å²) >= 11 is 0. The van der Waals surface area contributed by atoms with Gasteiger partial charge in [0.1, 0.15) is 0 Å². The number of nitrogens with zero attached hydrogens (tertiary/aromatic N) is 2. The van der Waals surface area contributed by atoms with Gasteiger partial charge < -0.3 is 4.57 Å². The highest BCUT2D eigenvalue weighted by Crippen LogP contribution is 2.15. The number of Topliss-reactive ketones (excluding diaryl/α,β-unsaturated/α-hetero) is 1. The standard InChI is InChI=1S/C17H16N2O/c1-2-17(20)15-7-9-19(12-15)11-13-5-6-16-14(10-13)4-3-8-18-16/h3-10,12H,2,11H2,1H3. The van der Waals surface area contributed by atoms with Crippen LogP contribution in [0.5, 0.6) is 0 Å². The molecular formula is C17H16N2O. The average Bonchev–Trinajstić information content (AvgIpc) is 2.95. The predicted molar refractivity (Wildman–Crippen MR) is 79.9 cm³/mol. The fraction of sp³-hybridized carbons (Fsp3) is 0.176. The molecule has 3 heteroatoms. The second kappa shape index (κ2) is 5.29. The summed E-state index contributed by atoms with van der Waals surface area (Å²) in [6.45, 7) is 2.65. The first-order chi connectivity index (χ1) is 9.76. The van der Waals surface area contributed by atoms with E-state index in [9.17, 15) is 4.79 Å². The molecule has 0 unspecified atom stereocenters. The predicted octanol–water partition coefficient (Wildman–Crippen LogP) is 3.68. The number of hydrogen-bond acceptors (Lipinski definition) is 2. The molecule has 0 N–H and O–H groups in total. The topological polar surface area (TPSA) is 34.9 Å². The third-order valence-corrected chi connectivity index (χ3v) is 3.43. The molecule has 1 aromatic carbocycles. The molecule has 20 heavy (non-hydrogen) atoms. The van der Waals surface area contributed by atoms with Crippen LogP contribution >= 0.6 is 0 Å². The Balaban J connectivity index is 1.85. The zero-order chi connectivity index (χ0) is 13.9. The highest BCUT2D eigenvalue weighted by molar-refractivity contribution is 5.95. The van der Waals surface area contributed by atoms with Crippen molar-refractivity contribution in [3.8, 4) is 0 Å². The van der Waals surface area contributed by atoms with Crippen LogP contribution in [0.4, 0.5) is 0 Å². The molecule has 0 radical (unpaired) electrons. The highest BCUT2D eigenvalue weighted by atomic mass is 16.1. The average molecular weight is 264 g/mol. The minimum atomic E-state index is 0.187. The molecule has 0 aliphatic rings. The van der Waals surface area contributed by atoms with Gasteiger partial charge in [-0.1, -0.05) is 19.1 Å². The summed E-state index contributed by atoms with van der Waals surface area (Å²) in [6.07, 6.45) is 6.22. The van der Waals surface area contributed by atoms with Crippen LogP contribution in [0.15, 0.2) is 55.0 Å². The van der Waals surface area contributed by atoms with E-state index in [2.05, 4.69) is 23.2 Å². The first-order valence-electron chi connectivity index (χ1n) is 6.79. The zero-order valence-corrected chi connectivity index (χ0v) is 11.4. The summed E-state index contributed by atoms with van der Waals surface area (Å²) in [5, 5.41) is 1.14. The minimum Gasteiger partial charge on any atom is -0.349 e. The van der Waals surface area contributed by atoms with E-state index in [1.807, 2.05) is 42.1 Å². The molecule has 3 rings (SSSR count). The molecule has 3 aromatic rings. The lowest BCUT2D eigenvalue weighted by molar-refractivity contribution is 0.0988. The van der Waals surface area contributed by atoms with Gasteiger partial charge in [-0.2, -0.15) is 0 Å². The fourth-order valence-corrected chi connectivity index (χ4v) is 2.34. The van der Waals surface area contributed by atoms with Crippen molar-refractivity contribution in [3.05, 3.63) is 66.1 Å². The Hall–Kier alpha value is -2.42. The maximum Gasteiger partial charge on any atom is 0.164 e. The van der Waals surface area contributed by atoms with Gasteiger partial charge in [0.15, 0.2) is 5.78 Å². The molecule has 2 aromatic heterocycles. The van der Waals surface area contributed by atoms with Crippen LogP contribution in [0.25, 0.3) is 10.9 Å². The third-order valence-electron chi connectivity index (χ3n) is 3.43. The van der Waals surface area contributed by atoms with Crippen molar-refractivity contribution < 1.29 is 4.79 Å². The van der Waals surface area contributed by atoms with Crippen LogP contribution in [0, 0.1) is 0 Å². The van der Waals surface area contributed by atoms with E-state index >= 15 is 0 Å². The molecule has 2 heterocycles. The van der Waals surface area contributed by atoms with Crippen molar-refractivity contribution >= 4 is 16.7 Å². The number of carbonyl (C=O) groups is 1. The molecule has 3 nitrogen and oxygen atoms in total. The largest absolute Gasteiger partial charge is 0.349 e. The summed E-state index contributed by atoms with van der Waals surface area (Å²) in [6, 6.07) is 12.1. The summed E-state index contributed by atoms with van der Waals surface area (Å²) in [5.41, 5.74) is 3.00. The Morgan fingerprint density at radius 1 is 1.25 bits per heavy atom.